The maximum absolute atomic E-state index is 13.1. The van der Waals surface area contributed by atoms with Gasteiger partial charge in [-0.05, 0) is 30.5 Å². The monoisotopic (exact) mass is 291 g/mol. The number of rotatable bonds is 5. The molecular formula is C14H20F3NS. The van der Waals surface area contributed by atoms with E-state index in [0.29, 0.717) is 12.0 Å². The van der Waals surface area contributed by atoms with Crippen LogP contribution in [0.4, 0.5) is 13.2 Å². The van der Waals surface area contributed by atoms with Gasteiger partial charge in [0.25, 0.3) is 0 Å². The molecule has 1 atom stereocenters. The third-order valence-corrected chi connectivity index (χ3v) is 3.82. The third kappa shape index (κ3) is 5.07. The maximum Gasteiger partial charge on any atom is 0.417 e. The van der Waals surface area contributed by atoms with Crippen molar-refractivity contribution >= 4 is 11.8 Å². The van der Waals surface area contributed by atoms with E-state index in [1.165, 1.54) is 17.8 Å². The van der Waals surface area contributed by atoms with E-state index in [-0.39, 0.29) is 16.2 Å². The lowest BCUT2D eigenvalue weighted by molar-refractivity contribution is -0.139. The van der Waals surface area contributed by atoms with Gasteiger partial charge in [-0.3, -0.25) is 0 Å². The van der Waals surface area contributed by atoms with E-state index in [0.717, 1.165) is 6.42 Å². The highest BCUT2D eigenvalue weighted by Crippen LogP contribution is 2.38. The molecule has 0 saturated heterocycles. The molecule has 0 aromatic heterocycles. The Morgan fingerprint density at radius 1 is 1.26 bits per heavy atom. The van der Waals surface area contributed by atoms with Crippen molar-refractivity contribution in [2.75, 3.05) is 0 Å². The number of hydrogen-bond acceptors (Lipinski definition) is 2. The van der Waals surface area contributed by atoms with E-state index in [1.807, 2.05) is 20.8 Å². The molecule has 0 spiro atoms. The minimum absolute atomic E-state index is 0.0929. The molecule has 0 heterocycles. The molecule has 2 N–H and O–H groups in total. The SMILES string of the molecule is CCC(N)Cc1ccc(SC(C)C)c(C(F)(F)F)c1. The fourth-order valence-corrected chi connectivity index (χ4v) is 2.69. The molecule has 0 fully saturated rings. The number of thioether (sulfide) groups is 1. The molecule has 1 aromatic rings. The van der Waals surface area contributed by atoms with Gasteiger partial charge in [-0.25, -0.2) is 0 Å². The summed E-state index contributed by atoms with van der Waals surface area (Å²) >= 11 is 1.23. The summed E-state index contributed by atoms with van der Waals surface area (Å²) in [6.07, 6.45) is -3.08. The van der Waals surface area contributed by atoms with Gasteiger partial charge in [0.1, 0.15) is 0 Å². The first-order valence-electron chi connectivity index (χ1n) is 6.36. The van der Waals surface area contributed by atoms with Crippen molar-refractivity contribution in [3.8, 4) is 0 Å². The highest BCUT2D eigenvalue weighted by molar-refractivity contribution is 8.00. The van der Waals surface area contributed by atoms with Crippen molar-refractivity contribution in [1.82, 2.24) is 0 Å². The quantitative estimate of drug-likeness (QED) is 0.809. The highest BCUT2D eigenvalue weighted by atomic mass is 32.2. The predicted molar refractivity (Wildman–Crippen MR) is 74.4 cm³/mol. The molecule has 0 aliphatic carbocycles. The molecule has 108 valence electrons. The Hall–Kier alpha value is -0.680. The third-order valence-electron chi connectivity index (χ3n) is 2.73. The van der Waals surface area contributed by atoms with E-state index in [9.17, 15) is 13.2 Å². The van der Waals surface area contributed by atoms with Gasteiger partial charge in [-0.2, -0.15) is 13.2 Å². The fraction of sp³-hybridized carbons (Fsp3) is 0.571. The average molecular weight is 291 g/mol. The summed E-state index contributed by atoms with van der Waals surface area (Å²) in [6, 6.07) is 4.45. The van der Waals surface area contributed by atoms with E-state index in [1.54, 1.807) is 12.1 Å². The molecule has 0 radical (unpaired) electrons. The molecule has 0 aliphatic rings. The molecule has 1 rings (SSSR count). The van der Waals surface area contributed by atoms with Gasteiger partial charge in [0.2, 0.25) is 0 Å². The van der Waals surface area contributed by atoms with Gasteiger partial charge >= 0.3 is 6.18 Å². The fourth-order valence-electron chi connectivity index (χ4n) is 1.73. The highest BCUT2D eigenvalue weighted by Gasteiger charge is 2.34. The van der Waals surface area contributed by atoms with Crippen LogP contribution in [0.5, 0.6) is 0 Å². The van der Waals surface area contributed by atoms with E-state index < -0.39 is 11.7 Å². The van der Waals surface area contributed by atoms with Crippen LogP contribution >= 0.6 is 11.8 Å². The van der Waals surface area contributed by atoms with Crippen LogP contribution in [0.3, 0.4) is 0 Å². The maximum atomic E-state index is 13.1. The van der Waals surface area contributed by atoms with Crippen LogP contribution in [0.25, 0.3) is 0 Å². The van der Waals surface area contributed by atoms with Crippen molar-refractivity contribution in [2.45, 2.75) is 56.0 Å². The summed E-state index contributed by atoms with van der Waals surface area (Å²) in [5.74, 6) is 0. The number of nitrogens with two attached hydrogens (primary N) is 1. The number of benzene rings is 1. The van der Waals surface area contributed by atoms with Crippen LogP contribution in [0.15, 0.2) is 23.1 Å². The second-order valence-electron chi connectivity index (χ2n) is 4.87. The number of hydrogen-bond donors (Lipinski definition) is 1. The van der Waals surface area contributed by atoms with Gasteiger partial charge in [-0.15, -0.1) is 11.8 Å². The van der Waals surface area contributed by atoms with Crippen molar-refractivity contribution < 1.29 is 13.2 Å². The second kappa shape index (κ2) is 6.66. The smallest absolute Gasteiger partial charge is 0.327 e. The second-order valence-corrected chi connectivity index (χ2v) is 6.49. The minimum Gasteiger partial charge on any atom is -0.327 e. The Balaban J connectivity index is 3.08. The molecule has 19 heavy (non-hydrogen) atoms. The van der Waals surface area contributed by atoms with E-state index in [2.05, 4.69) is 0 Å². The molecule has 1 unspecified atom stereocenters. The van der Waals surface area contributed by atoms with Gasteiger partial charge in [-0.1, -0.05) is 26.8 Å². The van der Waals surface area contributed by atoms with Crippen molar-refractivity contribution in [3.05, 3.63) is 29.3 Å². The molecule has 0 aliphatic heterocycles. The first kappa shape index (κ1) is 16.4. The Kier molecular flexibility index (Phi) is 5.74. The molecule has 0 amide bonds. The molecule has 5 heteroatoms. The van der Waals surface area contributed by atoms with Crippen molar-refractivity contribution in [1.29, 1.82) is 0 Å². The van der Waals surface area contributed by atoms with Crippen molar-refractivity contribution in [2.24, 2.45) is 5.73 Å². The van der Waals surface area contributed by atoms with Crippen LogP contribution in [0.2, 0.25) is 0 Å². The summed E-state index contributed by atoms with van der Waals surface area (Å²) in [5, 5.41) is 0.116. The largest absolute Gasteiger partial charge is 0.417 e. The Morgan fingerprint density at radius 3 is 2.37 bits per heavy atom. The summed E-state index contributed by atoms with van der Waals surface area (Å²) in [5.41, 5.74) is 5.90. The first-order chi connectivity index (χ1) is 8.74. The van der Waals surface area contributed by atoms with Gasteiger partial charge < -0.3 is 5.73 Å². The first-order valence-corrected chi connectivity index (χ1v) is 7.24. The van der Waals surface area contributed by atoms with Crippen LogP contribution in [-0.4, -0.2) is 11.3 Å². The van der Waals surface area contributed by atoms with Crippen LogP contribution in [0, 0.1) is 0 Å². The van der Waals surface area contributed by atoms with Crippen LogP contribution in [0.1, 0.15) is 38.3 Å². The Labute approximate surface area is 116 Å². The van der Waals surface area contributed by atoms with Gasteiger partial charge in [0, 0.05) is 16.2 Å². The lowest BCUT2D eigenvalue weighted by atomic mass is 10.0. The van der Waals surface area contributed by atoms with Gasteiger partial charge in [0.15, 0.2) is 0 Å². The lowest BCUT2D eigenvalue weighted by Gasteiger charge is -2.16. The molecular weight excluding hydrogens is 271 g/mol. The Morgan fingerprint density at radius 2 is 1.89 bits per heavy atom. The van der Waals surface area contributed by atoms with Gasteiger partial charge in [0.05, 0.1) is 5.56 Å². The van der Waals surface area contributed by atoms with Crippen LogP contribution < -0.4 is 5.73 Å². The summed E-state index contributed by atoms with van der Waals surface area (Å²) in [6.45, 7) is 5.69. The predicted octanol–water partition coefficient (Wildman–Crippen LogP) is 4.49. The summed E-state index contributed by atoms with van der Waals surface area (Å²) < 4.78 is 39.2. The zero-order chi connectivity index (χ0) is 14.6. The molecule has 0 bridgehead atoms. The standard InChI is InChI=1S/C14H20F3NS/c1-4-11(18)7-10-5-6-13(19-9(2)3)12(8-10)14(15,16)17/h5-6,8-9,11H,4,7,18H2,1-3H3. The number of halogens is 3. The lowest BCUT2D eigenvalue weighted by Crippen LogP contribution is -2.21. The van der Waals surface area contributed by atoms with Crippen LogP contribution in [-0.2, 0) is 12.6 Å². The topological polar surface area (TPSA) is 26.0 Å². The molecule has 0 saturated carbocycles. The molecule has 1 aromatic carbocycles. The normalized spacial score (nSPS) is 13.9. The van der Waals surface area contributed by atoms with E-state index >= 15 is 0 Å². The number of alkyl halides is 3. The Bertz CT molecular complexity index is 416. The summed E-state index contributed by atoms with van der Waals surface area (Å²) in [4.78, 5) is 0.288. The minimum atomic E-state index is -4.32. The zero-order valence-electron chi connectivity index (χ0n) is 11.4. The molecule has 1 nitrogen and oxygen atoms in total. The summed E-state index contributed by atoms with van der Waals surface area (Å²) in [7, 11) is 0. The van der Waals surface area contributed by atoms with E-state index in [4.69, 9.17) is 5.73 Å². The average Bonchev–Trinajstić information content (AvgIpc) is 2.28. The zero-order valence-corrected chi connectivity index (χ0v) is 12.2. The van der Waals surface area contributed by atoms with Crippen molar-refractivity contribution in [3.63, 3.8) is 0 Å².